The smallest absolute Gasteiger partial charge is 0.157 e. The van der Waals surface area contributed by atoms with Gasteiger partial charge in [0.1, 0.15) is 0 Å². The van der Waals surface area contributed by atoms with Gasteiger partial charge >= 0.3 is 0 Å². The molecule has 0 aliphatic carbocycles. The van der Waals surface area contributed by atoms with Crippen molar-refractivity contribution in [2.24, 2.45) is 0 Å². The first kappa shape index (κ1) is 10.0. The predicted molar refractivity (Wildman–Crippen MR) is 55.4 cm³/mol. The van der Waals surface area contributed by atoms with Crippen molar-refractivity contribution in [3.05, 3.63) is 34.9 Å². The van der Waals surface area contributed by atoms with Crippen molar-refractivity contribution in [2.45, 2.75) is 26.6 Å². The number of benzene rings is 1. The van der Waals surface area contributed by atoms with Gasteiger partial charge in [-0.25, -0.2) is 0 Å². The highest BCUT2D eigenvalue weighted by Gasteiger charge is 2.11. The molecule has 1 aromatic carbocycles. The van der Waals surface area contributed by atoms with Crippen LogP contribution in [-0.2, 0) is 0 Å². The Bertz CT molecular complexity index is 329. The minimum Gasteiger partial charge on any atom is -0.295 e. The van der Waals surface area contributed by atoms with Gasteiger partial charge in [0.2, 0.25) is 0 Å². The van der Waals surface area contributed by atoms with Gasteiger partial charge in [-0.3, -0.25) is 4.79 Å². The summed E-state index contributed by atoms with van der Waals surface area (Å²) in [7, 11) is 5.53. The van der Waals surface area contributed by atoms with E-state index in [4.69, 9.17) is 7.85 Å². The molecule has 13 heavy (non-hydrogen) atoms. The standard InChI is InChI=1S/C11H13BO/c1-7-4-5-10(8(2)6-7)11(13)9(3)12/h4-6,9H,1-3H3. The quantitative estimate of drug-likeness (QED) is 0.494. The second-order valence-corrected chi connectivity index (χ2v) is 3.47. The third kappa shape index (κ3) is 2.21. The topological polar surface area (TPSA) is 17.1 Å². The fourth-order valence-corrected chi connectivity index (χ4v) is 1.34. The van der Waals surface area contributed by atoms with Gasteiger partial charge in [0, 0.05) is 5.56 Å². The number of rotatable bonds is 2. The second-order valence-electron chi connectivity index (χ2n) is 3.47. The molecule has 0 aliphatic heterocycles. The van der Waals surface area contributed by atoms with Crippen LogP contribution in [0.2, 0.25) is 5.82 Å². The fraction of sp³-hybridized carbons (Fsp3) is 0.364. The van der Waals surface area contributed by atoms with E-state index in [2.05, 4.69) is 0 Å². The second kappa shape index (κ2) is 3.78. The SMILES string of the molecule is [B]C(C)C(=O)c1ccc(C)cc1C. The summed E-state index contributed by atoms with van der Waals surface area (Å²) in [5.74, 6) is -0.404. The molecule has 1 unspecified atom stereocenters. The molecule has 0 heterocycles. The first-order valence-electron chi connectivity index (χ1n) is 4.39. The highest BCUT2D eigenvalue weighted by Crippen LogP contribution is 2.15. The molecule has 1 aromatic rings. The lowest BCUT2D eigenvalue weighted by Crippen LogP contribution is -2.07. The summed E-state index contributed by atoms with van der Waals surface area (Å²) in [6, 6.07) is 5.77. The number of aryl methyl sites for hydroxylation is 2. The van der Waals surface area contributed by atoms with Crippen LogP contribution < -0.4 is 0 Å². The van der Waals surface area contributed by atoms with Crippen LogP contribution >= 0.6 is 0 Å². The third-order valence-corrected chi connectivity index (χ3v) is 2.06. The first-order chi connectivity index (χ1) is 6.02. The Hall–Kier alpha value is -1.05. The number of carbonyl (C=O) groups excluding carboxylic acids is 1. The van der Waals surface area contributed by atoms with Crippen molar-refractivity contribution in [3.63, 3.8) is 0 Å². The average Bonchev–Trinajstić information content (AvgIpc) is 2.03. The van der Waals surface area contributed by atoms with E-state index in [1.807, 2.05) is 32.0 Å². The van der Waals surface area contributed by atoms with E-state index in [0.717, 1.165) is 11.1 Å². The summed E-state index contributed by atoms with van der Waals surface area (Å²) in [4.78, 5) is 11.6. The van der Waals surface area contributed by atoms with Gasteiger partial charge in [0.05, 0.1) is 7.85 Å². The lowest BCUT2D eigenvalue weighted by Gasteiger charge is -2.08. The Morgan fingerprint density at radius 2 is 2.00 bits per heavy atom. The van der Waals surface area contributed by atoms with E-state index < -0.39 is 5.82 Å². The van der Waals surface area contributed by atoms with Crippen molar-refractivity contribution in [3.8, 4) is 0 Å². The molecule has 1 rings (SSSR count). The predicted octanol–water partition coefficient (Wildman–Crippen LogP) is 2.46. The van der Waals surface area contributed by atoms with E-state index in [0.29, 0.717) is 0 Å². The molecule has 1 nitrogen and oxygen atoms in total. The Morgan fingerprint density at radius 3 is 2.46 bits per heavy atom. The molecule has 0 bridgehead atoms. The van der Waals surface area contributed by atoms with Crippen molar-refractivity contribution in [1.82, 2.24) is 0 Å². The van der Waals surface area contributed by atoms with Crippen LogP contribution in [0.4, 0.5) is 0 Å². The third-order valence-electron chi connectivity index (χ3n) is 2.06. The van der Waals surface area contributed by atoms with Crippen LogP contribution in [0.15, 0.2) is 18.2 Å². The molecule has 66 valence electrons. The van der Waals surface area contributed by atoms with Crippen LogP contribution in [0.1, 0.15) is 28.4 Å². The first-order valence-corrected chi connectivity index (χ1v) is 4.39. The summed E-state index contributed by atoms with van der Waals surface area (Å²) in [6.45, 7) is 5.65. The van der Waals surface area contributed by atoms with Crippen LogP contribution in [0.5, 0.6) is 0 Å². The average molecular weight is 172 g/mol. The normalized spacial score (nSPS) is 12.5. The van der Waals surface area contributed by atoms with E-state index in [1.165, 1.54) is 5.56 Å². The minimum absolute atomic E-state index is 0.0116. The Balaban J connectivity index is 3.09. The zero-order chi connectivity index (χ0) is 10.0. The molecule has 0 saturated heterocycles. The number of hydrogen-bond acceptors (Lipinski definition) is 1. The molecule has 0 aliphatic rings. The van der Waals surface area contributed by atoms with Crippen molar-refractivity contribution < 1.29 is 4.79 Å². The van der Waals surface area contributed by atoms with Gasteiger partial charge < -0.3 is 0 Å². The fourth-order valence-electron chi connectivity index (χ4n) is 1.34. The number of carbonyl (C=O) groups is 1. The number of ketones is 1. The zero-order valence-corrected chi connectivity index (χ0v) is 8.29. The maximum absolute atomic E-state index is 11.6. The Labute approximate surface area is 80.6 Å². The largest absolute Gasteiger partial charge is 0.295 e. The maximum Gasteiger partial charge on any atom is 0.157 e. The van der Waals surface area contributed by atoms with E-state index in [9.17, 15) is 4.79 Å². The molecular formula is C11H13BO. The molecule has 2 radical (unpaired) electrons. The van der Waals surface area contributed by atoms with E-state index in [1.54, 1.807) is 6.92 Å². The van der Waals surface area contributed by atoms with Gasteiger partial charge in [-0.2, -0.15) is 0 Å². The monoisotopic (exact) mass is 172 g/mol. The molecule has 0 aromatic heterocycles. The summed E-state index contributed by atoms with van der Waals surface area (Å²) in [6.07, 6.45) is 0. The molecule has 0 fully saturated rings. The van der Waals surface area contributed by atoms with Crippen LogP contribution in [0, 0.1) is 13.8 Å². The molecular weight excluding hydrogens is 159 g/mol. The summed E-state index contributed by atoms with van der Waals surface area (Å²) in [5.41, 5.74) is 2.90. The lowest BCUT2D eigenvalue weighted by molar-refractivity contribution is 0.0988. The number of hydrogen-bond donors (Lipinski definition) is 0. The Kier molecular flexibility index (Phi) is 2.92. The molecule has 2 heteroatoms. The van der Waals surface area contributed by atoms with Gasteiger partial charge in [-0.15, -0.1) is 0 Å². The van der Waals surface area contributed by atoms with Crippen molar-refractivity contribution >= 4 is 13.6 Å². The summed E-state index contributed by atoms with van der Waals surface area (Å²) < 4.78 is 0. The molecule has 0 N–H and O–H groups in total. The maximum atomic E-state index is 11.6. The lowest BCUT2D eigenvalue weighted by atomic mass is 9.81. The molecule has 0 spiro atoms. The van der Waals surface area contributed by atoms with E-state index in [-0.39, 0.29) is 5.78 Å². The van der Waals surface area contributed by atoms with Crippen molar-refractivity contribution in [1.29, 1.82) is 0 Å². The van der Waals surface area contributed by atoms with Crippen LogP contribution in [0.3, 0.4) is 0 Å². The number of Topliss-reactive ketones (excluding diaryl/α,β-unsaturated/α-hetero) is 1. The van der Waals surface area contributed by atoms with Crippen molar-refractivity contribution in [2.75, 3.05) is 0 Å². The summed E-state index contributed by atoms with van der Waals surface area (Å²) >= 11 is 0. The van der Waals surface area contributed by atoms with Gasteiger partial charge in [0.25, 0.3) is 0 Å². The van der Waals surface area contributed by atoms with Gasteiger partial charge in [-0.1, -0.05) is 30.7 Å². The molecule has 0 saturated carbocycles. The highest BCUT2D eigenvalue weighted by atomic mass is 16.1. The van der Waals surface area contributed by atoms with Gasteiger partial charge in [-0.05, 0) is 25.2 Å². The molecule has 1 atom stereocenters. The Morgan fingerprint density at radius 1 is 1.38 bits per heavy atom. The minimum atomic E-state index is -0.415. The van der Waals surface area contributed by atoms with Gasteiger partial charge in [0.15, 0.2) is 5.78 Å². The van der Waals surface area contributed by atoms with Crippen LogP contribution in [0.25, 0.3) is 0 Å². The van der Waals surface area contributed by atoms with E-state index >= 15 is 0 Å². The summed E-state index contributed by atoms with van der Waals surface area (Å²) in [5, 5.41) is 0. The molecule has 0 amide bonds. The van der Waals surface area contributed by atoms with Crippen LogP contribution in [-0.4, -0.2) is 13.6 Å². The highest BCUT2D eigenvalue weighted by molar-refractivity contribution is 6.27. The zero-order valence-electron chi connectivity index (χ0n) is 8.29.